The van der Waals surface area contributed by atoms with E-state index in [-0.39, 0.29) is 0 Å². The fraction of sp³-hybridized carbons (Fsp3) is 0.800. The Labute approximate surface area is 121 Å². The molecule has 19 heavy (non-hydrogen) atoms. The maximum Gasteiger partial charge on any atom is 0.0834 e. The zero-order chi connectivity index (χ0) is 13.7. The highest BCUT2D eigenvalue weighted by molar-refractivity contribution is 6.31. The van der Waals surface area contributed by atoms with Crippen molar-refractivity contribution < 1.29 is 0 Å². The number of rotatable bonds is 7. The summed E-state index contributed by atoms with van der Waals surface area (Å²) in [6.45, 7) is 3.12. The minimum absolute atomic E-state index is 0.335. The average molecular weight is 284 g/mol. The number of aryl methyl sites for hydroxylation is 1. The van der Waals surface area contributed by atoms with Crippen LogP contribution >= 0.6 is 11.6 Å². The molecule has 0 radical (unpaired) electrons. The third-order valence-electron chi connectivity index (χ3n) is 4.29. The monoisotopic (exact) mass is 283 g/mol. The van der Waals surface area contributed by atoms with E-state index in [1.807, 2.05) is 7.05 Å². The van der Waals surface area contributed by atoms with Crippen molar-refractivity contribution in [3.63, 3.8) is 0 Å². The predicted molar refractivity (Wildman–Crippen MR) is 80.5 cm³/mol. The van der Waals surface area contributed by atoms with Gasteiger partial charge < -0.3 is 5.32 Å². The fourth-order valence-corrected chi connectivity index (χ4v) is 3.50. The van der Waals surface area contributed by atoms with Crippen molar-refractivity contribution in [2.75, 3.05) is 7.05 Å². The van der Waals surface area contributed by atoms with Crippen LogP contribution in [0.25, 0.3) is 0 Å². The molecule has 1 aromatic heterocycles. The van der Waals surface area contributed by atoms with Gasteiger partial charge in [0.25, 0.3) is 0 Å². The highest BCUT2D eigenvalue weighted by Crippen LogP contribution is 2.33. The molecule has 1 N–H and O–H groups in total. The van der Waals surface area contributed by atoms with Gasteiger partial charge in [-0.1, -0.05) is 44.2 Å². The van der Waals surface area contributed by atoms with Crippen LogP contribution < -0.4 is 5.32 Å². The Balaban J connectivity index is 2.01. The summed E-state index contributed by atoms with van der Waals surface area (Å²) in [5.41, 5.74) is 1.17. The van der Waals surface area contributed by atoms with Gasteiger partial charge in [-0.05, 0) is 32.2 Å². The SMILES string of the molecule is CCCn1ncc(Cl)c1C(CCC1CCCC1)NC. The van der Waals surface area contributed by atoms with Crippen molar-refractivity contribution in [3.8, 4) is 0 Å². The smallest absolute Gasteiger partial charge is 0.0834 e. The van der Waals surface area contributed by atoms with Crippen LogP contribution in [-0.4, -0.2) is 16.8 Å². The number of aromatic nitrogens is 2. The molecule has 1 unspecified atom stereocenters. The van der Waals surface area contributed by atoms with Crippen LogP contribution in [-0.2, 0) is 6.54 Å². The molecule has 0 spiro atoms. The van der Waals surface area contributed by atoms with Crippen LogP contribution in [0.3, 0.4) is 0 Å². The quantitative estimate of drug-likeness (QED) is 0.814. The molecule has 1 heterocycles. The van der Waals surface area contributed by atoms with Gasteiger partial charge >= 0.3 is 0 Å². The highest BCUT2D eigenvalue weighted by Gasteiger charge is 2.21. The van der Waals surface area contributed by atoms with Gasteiger partial charge in [0, 0.05) is 6.54 Å². The van der Waals surface area contributed by atoms with Crippen LogP contribution in [0.4, 0.5) is 0 Å². The minimum atomic E-state index is 0.335. The Hall–Kier alpha value is -0.540. The Kier molecular flexibility index (Phi) is 5.71. The van der Waals surface area contributed by atoms with Crippen molar-refractivity contribution in [1.82, 2.24) is 15.1 Å². The molecule has 0 amide bonds. The number of nitrogens with zero attached hydrogens (tertiary/aromatic N) is 2. The molecule has 2 rings (SSSR count). The molecule has 1 atom stereocenters. The van der Waals surface area contributed by atoms with Gasteiger partial charge in [-0.2, -0.15) is 5.10 Å². The molecule has 1 aliphatic rings. The highest BCUT2D eigenvalue weighted by atomic mass is 35.5. The summed E-state index contributed by atoms with van der Waals surface area (Å²) in [7, 11) is 2.03. The van der Waals surface area contributed by atoms with Crippen molar-refractivity contribution >= 4 is 11.6 Å². The summed E-state index contributed by atoms with van der Waals surface area (Å²) >= 11 is 6.33. The summed E-state index contributed by atoms with van der Waals surface area (Å²) in [4.78, 5) is 0. The first-order valence-electron chi connectivity index (χ1n) is 7.64. The van der Waals surface area contributed by atoms with Crippen molar-refractivity contribution in [1.29, 1.82) is 0 Å². The molecule has 0 bridgehead atoms. The molecule has 1 aliphatic carbocycles. The first kappa shape index (κ1) is 14.9. The molecular weight excluding hydrogens is 258 g/mol. The zero-order valence-corrected chi connectivity index (χ0v) is 12.9. The molecule has 108 valence electrons. The molecule has 1 aromatic rings. The normalized spacial score (nSPS) is 18.1. The number of hydrogen-bond acceptors (Lipinski definition) is 2. The third kappa shape index (κ3) is 3.73. The van der Waals surface area contributed by atoms with E-state index in [4.69, 9.17) is 11.6 Å². The maximum atomic E-state index is 6.33. The van der Waals surface area contributed by atoms with Gasteiger partial charge in [-0.15, -0.1) is 0 Å². The second-order valence-corrected chi connectivity index (χ2v) is 6.08. The molecule has 1 fully saturated rings. The molecular formula is C15H26ClN3. The lowest BCUT2D eigenvalue weighted by atomic mass is 9.97. The van der Waals surface area contributed by atoms with Crippen molar-refractivity contribution in [2.45, 2.75) is 64.5 Å². The first-order valence-corrected chi connectivity index (χ1v) is 8.02. The van der Waals surface area contributed by atoms with Gasteiger partial charge in [0.1, 0.15) is 0 Å². The predicted octanol–water partition coefficient (Wildman–Crippen LogP) is 4.18. The van der Waals surface area contributed by atoms with Crippen LogP contribution in [0, 0.1) is 5.92 Å². The third-order valence-corrected chi connectivity index (χ3v) is 4.58. The average Bonchev–Trinajstić information content (AvgIpc) is 3.03. The molecule has 0 aliphatic heterocycles. The summed E-state index contributed by atoms with van der Waals surface area (Å²) in [5, 5.41) is 8.63. The van der Waals surface area contributed by atoms with Crippen LogP contribution in [0.2, 0.25) is 5.02 Å². The lowest BCUT2D eigenvalue weighted by molar-refractivity contribution is 0.407. The maximum absolute atomic E-state index is 6.33. The van der Waals surface area contributed by atoms with E-state index < -0.39 is 0 Å². The Bertz CT molecular complexity index is 383. The van der Waals surface area contributed by atoms with E-state index in [9.17, 15) is 0 Å². The molecule has 4 heteroatoms. The van der Waals surface area contributed by atoms with E-state index in [1.54, 1.807) is 6.20 Å². The second kappa shape index (κ2) is 7.30. The van der Waals surface area contributed by atoms with Gasteiger partial charge in [0.15, 0.2) is 0 Å². The van der Waals surface area contributed by atoms with Crippen LogP contribution in [0.5, 0.6) is 0 Å². The van der Waals surface area contributed by atoms with Gasteiger partial charge in [-0.25, -0.2) is 0 Å². The lowest BCUT2D eigenvalue weighted by Crippen LogP contribution is -2.21. The number of hydrogen-bond donors (Lipinski definition) is 1. The minimum Gasteiger partial charge on any atom is -0.312 e. The van der Waals surface area contributed by atoms with E-state index in [2.05, 4.69) is 22.0 Å². The summed E-state index contributed by atoms with van der Waals surface area (Å²) in [5.74, 6) is 0.928. The number of nitrogens with one attached hydrogen (secondary N) is 1. The Morgan fingerprint density at radius 1 is 1.47 bits per heavy atom. The number of halogens is 1. The van der Waals surface area contributed by atoms with Crippen molar-refractivity contribution in [3.05, 3.63) is 16.9 Å². The van der Waals surface area contributed by atoms with Crippen LogP contribution in [0.15, 0.2) is 6.20 Å². The topological polar surface area (TPSA) is 29.9 Å². The van der Waals surface area contributed by atoms with Gasteiger partial charge in [-0.3, -0.25) is 4.68 Å². The summed E-state index contributed by atoms with van der Waals surface area (Å²) in [6, 6.07) is 0.335. The van der Waals surface area contributed by atoms with Crippen LogP contribution in [0.1, 0.15) is 63.6 Å². The van der Waals surface area contributed by atoms with Gasteiger partial charge in [0.2, 0.25) is 0 Å². The van der Waals surface area contributed by atoms with Gasteiger partial charge in [0.05, 0.1) is 23.0 Å². The molecule has 3 nitrogen and oxygen atoms in total. The largest absolute Gasteiger partial charge is 0.312 e. The first-order chi connectivity index (χ1) is 9.26. The molecule has 1 saturated carbocycles. The fourth-order valence-electron chi connectivity index (χ4n) is 3.23. The standard InChI is InChI=1S/C15H26ClN3/c1-3-10-19-15(13(16)11-18-19)14(17-2)9-8-12-6-4-5-7-12/h11-12,14,17H,3-10H2,1-2H3. The lowest BCUT2D eigenvalue weighted by Gasteiger charge is -2.20. The van der Waals surface area contributed by atoms with Crippen molar-refractivity contribution in [2.24, 2.45) is 5.92 Å². The zero-order valence-electron chi connectivity index (χ0n) is 12.2. The van der Waals surface area contributed by atoms with E-state index in [0.717, 1.165) is 30.3 Å². The molecule has 0 saturated heterocycles. The molecule has 0 aromatic carbocycles. The Morgan fingerprint density at radius 2 is 2.21 bits per heavy atom. The summed E-state index contributed by atoms with van der Waals surface area (Å²) < 4.78 is 2.07. The Morgan fingerprint density at radius 3 is 2.84 bits per heavy atom. The van der Waals surface area contributed by atoms with E-state index in [0.29, 0.717) is 6.04 Å². The van der Waals surface area contributed by atoms with E-state index >= 15 is 0 Å². The van der Waals surface area contributed by atoms with E-state index in [1.165, 1.54) is 37.8 Å². The second-order valence-electron chi connectivity index (χ2n) is 5.67. The summed E-state index contributed by atoms with van der Waals surface area (Å²) in [6.07, 6.45) is 11.0.